The summed E-state index contributed by atoms with van der Waals surface area (Å²) in [6.45, 7) is 3.43. The van der Waals surface area contributed by atoms with Gasteiger partial charge in [-0.2, -0.15) is 0 Å². The zero-order valence-electron chi connectivity index (χ0n) is 28.0. The summed E-state index contributed by atoms with van der Waals surface area (Å²) in [5, 5.41) is 42.2. The number of likely N-dealkylation sites (tertiary alicyclic amines) is 1. The standard InChI is InChI=1S/C39H37ClN6O5/c1-23-43-44-39-32(42-38(27-6-8-29(40)9-7-27)31-20-30(47)10-11-33(31)46(23)39)21-36(50)41-22-25-3-2-4-28(17-25)26-13-15-45(16-14-26)37(51)19-24-5-12-34(48)35(49)18-24/h2-12,17-18,20,26,32,47-49H,13-16,19,21-22H2,1H3,(H,41,50)/t32-/m0/s1. The van der Waals surface area contributed by atoms with Gasteiger partial charge in [-0.15, -0.1) is 10.2 Å². The van der Waals surface area contributed by atoms with Crippen LogP contribution < -0.4 is 5.32 Å². The van der Waals surface area contributed by atoms with Gasteiger partial charge in [-0.1, -0.05) is 54.1 Å². The van der Waals surface area contributed by atoms with Gasteiger partial charge in [0.2, 0.25) is 11.8 Å². The number of aliphatic imine (C=N–C) groups is 1. The summed E-state index contributed by atoms with van der Waals surface area (Å²) in [4.78, 5) is 33.4. The van der Waals surface area contributed by atoms with Crippen molar-refractivity contribution in [1.82, 2.24) is 25.0 Å². The van der Waals surface area contributed by atoms with Crippen LogP contribution in [0.2, 0.25) is 5.02 Å². The van der Waals surface area contributed by atoms with Crippen molar-refractivity contribution in [3.8, 4) is 22.9 Å². The van der Waals surface area contributed by atoms with Crippen molar-refractivity contribution in [3.05, 3.63) is 129 Å². The minimum Gasteiger partial charge on any atom is -0.508 e. The summed E-state index contributed by atoms with van der Waals surface area (Å²) in [7, 11) is 0. The number of amides is 2. The van der Waals surface area contributed by atoms with Gasteiger partial charge >= 0.3 is 0 Å². The molecule has 2 aliphatic rings. The van der Waals surface area contributed by atoms with E-state index in [0.29, 0.717) is 53.1 Å². The molecule has 2 amide bonds. The number of phenolic OH excluding ortho intramolecular Hbond substituents is 3. The Kier molecular flexibility index (Phi) is 9.46. The van der Waals surface area contributed by atoms with Gasteiger partial charge in [-0.05, 0) is 84.8 Å². The fourth-order valence-corrected chi connectivity index (χ4v) is 7.02. The zero-order valence-corrected chi connectivity index (χ0v) is 28.7. The van der Waals surface area contributed by atoms with Crippen LogP contribution in [-0.2, 0) is 22.6 Å². The Morgan fingerprint density at radius 3 is 2.43 bits per heavy atom. The Labute approximate surface area is 299 Å². The maximum Gasteiger partial charge on any atom is 0.226 e. The molecule has 3 heterocycles. The van der Waals surface area contributed by atoms with E-state index >= 15 is 0 Å². The SMILES string of the molecule is Cc1nnc2n1-c1ccc(O)cc1C(c1ccc(Cl)cc1)=N[C@H]2CC(=O)NCc1cccc(C2CCN(C(=O)Cc3ccc(O)c(O)c3)CC2)c1. The molecule has 4 aromatic carbocycles. The molecule has 1 aromatic heterocycles. The molecular formula is C39H37ClN6O5. The van der Waals surface area contributed by atoms with Gasteiger partial charge in [0, 0.05) is 35.8 Å². The summed E-state index contributed by atoms with van der Waals surface area (Å²) in [5.41, 5.74) is 5.64. The van der Waals surface area contributed by atoms with Gasteiger partial charge in [-0.25, -0.2) is 0 Å². The van der Waals surface area contributed by atoms with Crippen LogP contribution in [0.3, 0.4) is 0 Å². The molecule has 0 saturated carbocycles. The molecule has 1 saturated heterocycles. The highest BCUT2D eigenvalue weighted by Gasteiger charge is 2.30. The average molecular weight is 705 g/mol. The van der Waals surface area contributed by atoms with Gasteiger partial charge in [0.1, 0.15) is 17.6 Å². The summed E-state index contributed by atoms with van der Waals surface area (Å²) < 4.78 is 1.89. The Bertz CT molecular complexity index is 2140. The quantitative estimate of drug-likeness (QED) is 0.147. The smallest absolute Gasteiger partial charge is 0.226 e. The Hall–Kier alpha value is -5.68. The number of carbonyl (C=O) groups is 2. The van der Waals surface area contributed by atoms with E-state index in [1.165, 1.54) is 17.7 Å². The van der Waals surface area contributed by atoms with Crippen molar-refractivity contribution in [3.63, 3.8) is 0 Å². The number of rotatable bonds is 8. The number of hydrogen-bond donors (Lipinski definition) is 4. The molecule has 1 fully saturated rings. The number of aryl methyl sites for hydroxylation is 1. The molecule has 1 atom stereocenters. The number of benzene rings is 4. The Morgan fingerprint density at radius 2 is 1.67 bits per heavy atom. The van der Waals surface area contributed by atoms with E-state index in [2.05, 4.69) is 27.6 Å². The van der Waals surface area contributed by atoms with Crippen LogP contribution in [0, 0.1) is 6.92 Å². The molecule has 51 heavy (non-hydrogen) atoms. The monoisotopic (exact) mass is 704 g/mol. The molecule has 2 aliphatic heterocycles. The lowest BCUT2D eigenvalue weighted by Crippen LogP contribution is -2.38. The maximum absolute atomic E-state index is 13.5. The fourth-order valence-electron chi connectivity index (χ4n) is 6.89. The predicted molar refractivity (Wildman–Crippen MR) is 193 cm³/mol. The summed E-state index contributed by atoms with van der Waals surface area (Å²) in [5.74, 6) is 0.899. The van der Waals surface area contributed by atoms with Gasteiger partial charge in [0.25, 0.3) is 0 Å². The van der Waals surface area contributed by atoms with E-state index in [1.54, 1.807) is 36.4 Å². The minimum absolute atomic E-state index is 0.0104. The lowest BCUT2D eigenvalue weighted by molar-refractivity contribution is -0.131. The van der Waals surface area contributed by atoms with E-state index in [-0.39, 0.29) is 47.8 Å². The largest absolute Gasteiger partial charge is 0.508 e. The van der Waals surface area contributed by atoms with Gasteiger partial charge in [0.05, 0.1) is 24.2 Å². The number of nitrogens with zero attached hydrogens (tertiary/aromatic N) is 5. The highest BCUT2D eigenvalue weighted by atomic mass is 35.5. The van der Waals surface area contributed by atoms with Crippen molar-refractivity contribution in [2.24, 2.45) is 4.99 Å². The third-order valence-corrected chi connectivity index (χ3v) is 9.81. The van der Waals surface area contributed by atoms with Crippen LogP contribution in [0.1, 0.15) is 70.7 Å². The highest BCUT2D eigenvalue weighted by Crippen LogP contribution is 2.35. The van der Waals surface area contributed by atoms with E-state index in [1.807, 2.05) is 40.7 Å². The fraction of sp³-hybridized carbons (Fsp3) is 0.256. The van der Waals surface area contributed by atoms with Gasteiger partial charge < -0.3 is 25.5 Å². The number of halogens is 1. The Morgan fingerprint density at radius 1 is 0.882 bits per heavy atom. The lowest BCUT2D eigenvalue weighted by Gasteiger charge is -2.32. The first-order valence-corrected chi connectivity index (χ1v) is 17.2. The van der Waals surface area contributed by atoms with E-state index < -0.39 is 6.04 Å². The summed E-state index contributed by atoms with van der Waals surface area (Å²) >= 11 is 6.19. The second kappa shape index (κ2) is 14.3. The first-order valence-electron chi connectivity index (χ1n) is 16.9. The number of piperidine rings is 1. The topological polar surface area (TPSA) is 153 Å². The molecule has 0 bridgehead atoms. The van der Waals surface area contributed by atoms with E-state index in [4.69, 9.17) is 16.6 Å². The zero-order chi connectivity index (χ0) is 35.6. The normalized spacial score (nSPS) is 15.8. The van der Waals surface area contributed by atoms with E-state index in [0.717, 1.165) is 29.7 Å². The summed E-state index contributed by atoms with van der Waals surface area (Å²) in [6, 6.07) is 24.4. The lowest BCUT2D eigenvalue weighted by atomic mass is 9.88. The number of phenols is 3. The Balaban J connectivity index is 1.02. The second-order valence-electron chi connectivity index (χ2n) is 13.0. The number of aromatic nitrogens is 3. The first-order chi connectivity index (χ1) is 24.6. The van der Waals surface area contributed by atoms with Crippen molar-refractivity contribution in [1.29, 1.82) is 0 Å². The molecule has 7 rings (SSSR count). The van der Waals surface area contributed by atoms with Crippen LogP contribution in [0.25, 0.3) is 5.69 Å². The maximum atomic E-state index is 13.5. The van der Waals surface area contributed by atoms with Crippen LogP contribution in [0.4, 0.5) is 0 Å². The molecule has 0 spiro atoms. The predicted octanol–water partition coefficient (Wildman–Crippen LogP) is 5.89. The number of hydrogen-bond acceptors (Lipinski definition) is 8. The number of aromatic hydroxyl groups is 3. The van der Waals surface area contributed by atoms with Gasteiger partial charge in [0.15, 0.2) is 17.3 Å². The minimum atomic E-state index is -0.648. The third kappa shape index (κ3) is 7.29. The number of fused-ring (bicyclic) bond motifs is 3. The van der Waals surface area contributed by atoms with Crippen LogP contribution in [-0.4, -0.2) is 65.6 Å². The first kappa shape index (κ1) is 33.8. The molecule has 260 valence electrons. The number of nitrogens with one attached hydrogen (secondary N) is 1. The molecule has 0 radical (unpaired) electrons. The van der Waals surface area contributed by atoms with E-state index in [9.17, 15) is 24.9 Å². The van der Waals surface area contributed by atoms with Crippen molar-refractivity contribution < 1.29 is 24.9 Å². The average Bonchev–Trinajstić information content (AvgIpc) is 3.46. The molecule has 4 N–H and O–H groups in total. The van der Waals surface area contributed by atoms with Crippen LogP contribution >= 0.6 is 11.6 Å². The van der Waals surface area contributed by atoms with Crippen LogP contribution in [0.15, 0.2) is 89.9 Å². The second-order valence-corrected chi connectivity index (χ2v) is 13.5. The summed E-state index contributed by atoms with van der Waals surface area (Å²) in [6.07, 6.45) is 1.83. The molecule has 12 heteroatoms. The molecule has 11 nitrogen and oxygen atoms in total. The van der Waals surface area contributed by atoms with Gasteiger partial charge in [-0.3, -0.25) is 19.1 Å². The third-order valence-electron chi connectivity index (χ3n) is 9.56. The van der Waals surface area contributed by atoms with Crippen molar-refractivity contribution in [2.75, 3.05) is 13.1 Å². The highest BCUT2D eigenvalue weighted by molar-refractivity contribution is 6.30. The molecule has 5 aromatic rings. The molecular weight excluding hydrogens is 668 g/mol. The van der Waals surface area contributed by atoms with Crippen molar-refractivity contribution >= 4 is 29.1 Å². The van der Waals surface area contributed by atoms with Crippen LogP contribution in [0.5, 0.6) is 17.2 Å². The molecule has 0 aliphatic carbocycles. The molecule has 0 unspecified atom stereocenters. The number of carbonyl (C=O) groups excluding carboxylic acids is 2. The van der Waals surface area contributed by atoms with Crippen molar-refractivity contribution in [2.45, 2.75) is 51.1 Å².